The molecule has 1 unspecified atom stereocenters. The number of benzene rings is 2. The number of para-hydroxylation sites is 1. The first-order valence-electron chi connectivity index (χ1n) is 7.31. The predicted molar refractivity (Wildman–Crippen MR) is 81.4 cm³/mol. The highest BCUT2D eigenvalue weighted by molar-refractivity contribution is 6.08. The molecule has 1 fully saturated rings. The highest BCUT2D eigenvalue weighted by atomic mass is 16.5. The molecule has 2 aliphatic heterocycles. The summed E-state index contributed by atoms with van der Waals surface area (Å²) in [5.41, 5.74) is -0.471. The fourth-order valence-corrected chi connectivity index (χ4v) is 2.96. The van der Waals surface area contributed by atoms with Crippen molar-refractivity contribution in [1.82, 2.24) is 10.6 Å². The molecule has 116 valence electrons. The van der Waals surface area contributed by atoms with Crippen LogP contribution in [0.5, 0.6) is 17.2 Å². The first-order valence-corrected chi connectivity index (χ1v) is 7.31. The maximum atomic E-state index is 12.3. The molecule has 4 rings (SSSR count). The normalized spacial score (nSPS) is 22.1. The summed E-state index contributed by atoms with van der Waals surface area (Å²) in [5.74, 6) is 1.49. The third kappa shape index (κ3) is 2.19. The molecule has 2 heterocycles. The van der Waals surface area contributed by atoms with Crippen molar-refractivity contribution in [3.05, 3.63) is 54.1 Å². The lowest BCUT2D eigenvalue weighted by molar-refractivity contribution is -0.125. The minimum atomic E-state index is -1.08. The van der Waals surface area contributed by atoms with Gasteiger partial charge in [-0.2, -0.15) is 0 Å². The van der Waals surface area contributed by atoms with Gasteiger partial charge in [0, 0.05) is 12.0 Å². The number of hydrogen-bond donors (Lipinski definition) is 2. The molecule has 0 radical (unpaired) electrons. The predicted octanol–water partition coefficient (Wildman–Crippen LogP) is 2.30. The number of nitrogens with one attached hydrogen (secondary N) is 2. The molecular formula is C17H14N2O4. The Kier molecular flexibility index (Phi) is 2.97. The van der Waals surface area contributed by atoms with Gasteiger partial charge in [0.15, 0.2) is 5.54 Å². The van der Waals surface area contributed by atoms with E-state index < -0.39 is 11.6 Å². The van der Waals surface area contributed by atoms with Gasteiger partial charge in [-0.3, -0.25) is 10.1 Å². The van der Waals surface area contributed by atoms with Crippen LogP contribution in [-0.2, 0) is 10.3 Å². The molecule has 0 aliphatic carbocycles. The van der Waals surface area contributed by atoms with Crippen LogP contribution in [0.3, 0.4) is 0 Å². The number of imide groups is 1. The standard InChI is InChI=1S/C17H14N2O4/c20-15-17(19-16(21)18-15)8-9-22-14-7-6-12(10-13(14)17)23-11-4-2-1-3-5-11/h1-7,10H,8-9H2,(H2,18,19,20,21). The molecular weight excluding hydrogens is 296 g/mol. The van der Waals surface area contributed by atoms with E-state index in [1.54, 1.807) is 18.2 Å². The van der Waals surface area contributed by atoms with Gasteiger partial charge in [0.2, 0.25) is 0 Å². The van der Waals surface area contributed by atoms with Gasteiger partial charge in [-0.1, -0.05) is 18.2 Å². The Labute approximate surface area is 132 Å². The van der Waals surface area contributed by atoms with E-state index >= 15 is 0 Å². The first-order chi connectivity index (χ1) is 11.2. The van der Waals surface area contributed by atoms with Crippen LogP contribution in [0, 0.1) is 0 Å². The van der Waals surface area contributed by atoms with E-state index in [0.29, 0.717) is 35.8 Å². The van der Waals surface area contributed by atoms with Crippen LogP contribution >= 0.6 is 0 Å². The number of carbonyl (C=O) groups excluding carboxylic acids is 2. The van der Waals surface area contributed by atoms with Crippen molar-refractivity contribution in [2.75, 3.05) is 6.61 Å². The highest BCUT2D eigenvalue weighted by Gasteiger charge is 2.51. The number of carbonyl (C=O) groups is 2. The van der Waals surface area contributed by atoms with Crippen LogP contribution in [0.2, 0.25) is 0 Å². The second kappa shape index (κ2) is 5.01. The average molecular weight is 310 g/mol. The van der Waals surface area contributed by atoms with E-state index in [0.717, 1.165) is 0 Å². The lowest BCUT2D eigenvalue weighted by Crippen LogP contribution is -2.47. The minimum Gasteiger partial charge on any atom is -0.493 e. The Morgan fingerprint density at radius 1 is 1.04 bits per heavy atom. The maximum absolute atomic E-state index is 12.3. The number of amides is 3. The summed E-state index contributed by atoms with van der Waals surface area (Å²) in [6.45, 7) is 0.361. The molecule has 0 bridgehead atoms. The van der Waals surface area contributed by atoms with Crippen molar-refractivity contribution in [3.63, 3.8) is 0 Å². The third-order valence-electron chi connectivity index (χ3n) is 4.07. The molecule has 1 saturated heterocycles. The van der Waals surface area contributed by atoms with E-state index in [-0.39, 0.29) is 5.91 Å². The fraction of sp³-hybridized carbons (Fsp3) is 0.176. The van der Waals surface area contributed by atoms with Gasteiger partial charge in [0.25, 0.3) is 5.91 Å². The van der Waals surface area contributed by atoms with Gasteiger partial charge in [-0.05, 0) is 30.3 Å². The van der Waals surface area contributed by atoms with Crippen LogP contribution in [0.15, 0.2) is 48.5 Å². The molecule has 2 N–H and O–H groups in total. The van der Waals surface area contributed by atoms with Crippen LogP contribution in [0.1, 0.15) is 12.0 Å². The number of fused-ring (bicyclic) bond motifs is 2. The Bertz CT molecular complexity index is 790. The zero-order chi connectivity index (χ0) is 15.9. The largest absolute Gasteiger partial charge is 0.493 e. The monoisotopic (exact) mass is 310 g/mol. The maximum Gasteiger partial charge on any atom is 0.322 e. The van der Waals surface area contributed by atoms with Crippen LogP contribution in [-0.4, -0.2) is 18.5 Å². The lowest BCUT2D eigenvalue weighted by Gasteiger charge is -2.32. The molecule has 2 aromatic carbocycles. The summed E-state index contributed by atoms with van der Waals surface area (Å²) in [7, 11) is 0. The zero-order valence-electron chi connectivity index (χ0n) is 12.2. The molecule has 1 spiro atoms. The Morgan fingerprint density at radius 3 is 2.61 bits per heavy atom. The van der Waals surface area contributed by atoms with Crippen LogP contribution < -0.4 is 20.1 Å². The Hall–Kier alpha value is -3.02. The first kappa shape index (κ1) is 13.6. The van der Waals surface area contributed by atoms with Crippen molar-refractivity contribution in [3.8, 4) is 17.2 Å². The van der Waals surface area contributed by atoms with Gasteiger partial charge in [-0.15, -0.1) is 0 Å². The second-order valence-electron chi connectivity index (χ2n) is 5.49. The molecule has 3 amide bonds. The molecule has 2 aromatic rings. The fourth-order valence-electron chi connectivity index (χ4n) is 2.96. The van der Waals surface area contributed by atoms with Gasteiger partial charge < -0.3 is 14.8 Å². The average Bonchev–Trinajstić information content (AvgIpc) is 2.84. The molecule has 1 atom stereocenters. The second-order valence-corrected chi connectivity index (χ2v) is 5.49. The smallest absolute Gasteiger partial charge is 0.322 e. The van der Waals surface area contributed by atoms with Gasteiger partial charge in [-0.25, -0.2) is 4.79 Å². The topological polar surface area (TPSA) is 76.7 Å². The summed E-state index contributed by atoms with van der Waals surface area (Å²) < 4.78 is 11.4. The van der Waals surface area contributed by atoms with Gasteiger partial charge in [0.05, 0.1) is 6.61 Å². The van der Waals surface area contributed by atoms with Crippen LogP contribution in [0.4, 0.5) is 4.79 Å². The molecule has 0 aromatic heterocycles. The quantitative estimate of drug-likeness (QED) is 0.835. The summed E-state index contributed by atoms with van der Waals surface area (Å²) in [6, 6.07) is 14.1. The van der Waals surface area contributed by atoms with Crippen molar-refractivity contribution >= 4 is 11.9 Å². The Morgan fingerprint density at radius 2 is 1.87 bits per heavy atom. The minimum absolute atomic E-state index is 0.357. The molecule has 6 heteroatoms. The third-order valence-corrected chi connectivity index (χ3v) is 4.07. The van der Waals surface area contributed by atoms with Gasteiger partial charge in [0.1, 0.15) is 17.2 Å². The van der Waals surface area contributed by atoms with E-state index in [9.17, 15) is 9.59 Å². The number of rotatable bonds is 2. The van der Waals surface area contributed by atoms with Crippen molar-refractivity contribution in [1.29, 1.82) is 0 Å². The summed E-state index contributed by atoms with van der Waals surface area (Å²) in [6.07, 6.45) is 0.381. The Balaban J connectivity index is 1.75. The van der Waals surface area contributed by atoms with E-state index in [1.165, 1.54) is 0 Å². The van der Waals surface area contributed by atoms with Crippen molar-refractivity contribution in [2.45, 2.75) is 12.0 Å². The summed E-state index contributed by atoms with van der Waals surface area (Å²) in [4.78, 5) is 23.9. The SMILES string of the molecule is O=C1NC(=O)C2(CCOc3ccc(Oc4ccccc4)cc32)N1. The lowest BCUT2D eigenvalue weighted by atomic mass is 9.84. The van der Waals surface area contributed by atoms with E-state index in [1.807, 2.05) is 30.3 Å². The van der Waals surface area contributed by atoms with Gasteiger partial charge >= 0.3 is 6.03 Å². The van der Waals surface area contributed by atoms with Crippen molar-refractivity contribution in [2.24, 2.45) is 0 Å². The summed E-state index contributed by atoms with van der Waals surface area (Å²) in [5, 5.41) is 5.03. The molecule has 6 nitrogen and oxygen atoms in total. The molecule has 23 heavy (non-hydrogen) atoms. The van der Waals surface area contributed by atoms with E-state index in [2.05, 4.69) is 10.6 Å². The summed E-state index contributed by atoms with van der Waals surface area (Å²) >= 11 is 0. The number of urea groups is 1. The molecule has 0 saturated carbocycles. The van der Waals surface area contributed by atoms with Crippen LogP contribution in [0.25, 0.3) is 0 Å². The highest BCUT2D eigenvalue weighted by Crippen LogP contribution is 2.41. The van der Waals surface area contributed by atoms with Crippen molar-refractivity contribution < 1.29 is 19.1 Å². The molecule has 2 aliphatic rings. The number of hydrogen-bond acceptors (Lipinski definition) is 4. The number of ether oxygens (including phenoxy) is 2. The van der Waals surface area contributed by atoms with E-state index in [4.69, 9.17) is 9.47 Å². The zero-order valence-corrected chi connectivity index (χ0v) is 12.2.